The smallest absolute Gasteiger partial charge is 0.163 e. The monoisotopic (exact) mass is 391 g/mol. The number of rotatable bonds is 7. The van der Waals surface area contributed by atoms with Crippen molar-refractivity contribution in [2.75, 3.05) is 19.8 Å². The van der Waals surface area contributed by atoms with Crippen LogP contribution in [0.5, 0.6) is 0 Å². The summed E-state index contributed by atoms with van der Waals surface area (Å²) in [6.07, 6.45) is 1.92. The maximum atomic E-state index is 6.26. The van der Waals surface area contributed by atoms with Crippen molar-refractivity contribution in [1.82, 2.24) is 5.06 Å². The Hall–Kier alpha value is -1.18. The highest BCUT2D eigenvalue weighted by Crippen LogP contribution is 2.32. The Kier molecular flexibility index (Phi) is 6.43. The Balaban J connectivity index is 1.75. The van der Waals surface area contributed by atoms with E-state index in [1.165, 1.54) is 5.56 Å². The predicted octanol–water partition coefficient (Wildman–Crippen LogP) is 4.19. The molecule has 0 saturated carbocycles. The molecule has 0 radical (unpaired) electrons. The number of hydrogen-bond acceptors (Lipinski definition) is 5. The van der Waals surface area contributed by atoms with Gasteiger partial charge in [-0.25, -0.2) is 0 Å². The third-order valence-electron chi connectivity index (χ3n) is 4.81. The summed E-state index contributed by atoms with van der Waals surface area (Å²) < 4.78 is 18.3. The van der Waals surface area contributed by atoms with E-state index in [1.54, 1.807) is 0 Å². The predicted molar refractivity (Wildman–Crippen MR) is 109 cm³/mol. The third-order valence-corrected chi connectivity index (χ3v) is 6.52. The first-order chi connectivity index (χ1) is 12.7. The van der Waals surface area contributed by atoms with Gasteiger partial charge in [-0.15, -0.1) is 0 Å². The lowest BCUT2D eigenvalue weighted by atomic mass is 10.1. The van der Waals surface area contributed by atoms with E-state index in [2.05, 4.69) is 31.8 Å². The third kappa shape index (κ3) is 5.89. The first kappa shape index (κ1) is 20.5. The number of nitrogens with zero attached hydrogens (tertiary/aromatic N) is 1. The van der Waals surface area contributed by atoms with Crippen LogP contribution in [0, 0.1) is 0 Å². The van der Waals surface area contributed by atoms with E-state index in [1.807, 2.05) is 43.2 Å². The molecule has 2 heterocycles. The standard InChI is InChI=1S/C21H33NO4Si/c1-21(2)24-16-19(26-21)20-18(23-13-14-27(3,4)5)11-12-25-22(20)15-17-9-7-6-8-10-17/h6-11,19-20H,12-16H2,1-5H3/t19-,20?/m1/s1. The lowest BCUT2D eigenvalue weighted by Gasteiger charge is -2.38. The Morgan fingerprint density at radius 1 is 1.19 bits per heavy atom. The molecule has 0 bridgehead atoms. The molecule has 3 rings (SSSR count). The Bertz CT molecular complexity index is 641. The van der Waals surface area contributed by atoms with Gasteiger partial charge in [0.1, 0.15) is 17.9 Å². The summed E-state index contributed by atoms with van der Waals surface area (Å²) in [5, 5.41) is 1.99. The molecule has 6 heteroatoms. The summed E-state index contributed by atoms with van der Waals surface area (Å²) in [7, 11) is -1.15. The van der Waals surface area contributed by atoms with E-state index in [4.69, 9.17) is 19.0 Å². The molecule has 150 valence electrons. The number of hydrogen-bond donors (Lipinski definition) is 0. The van der Waals surface area contributed by atoms with Crippen LogP contribution in [0.25, 0.3) is 0 Å². The molecule has 0 N–H and O–H groups in total. The fourth-order valence-corrected chi connectivity index (χ4v) is 4.04. The first-order valence-corrected chi connectivity index (χ1v) is 13.5. The van der Waals surface area contributed by atoms with Gasteiger partial charge in [-0.2, -0.15) is 5.06 Å². The van der Waals surface area contributed by atoms with E-state index in [0.717, 1.165) is 18.4 Å². The summed E-state index contributed by atoms with van der Waals surface area (Å²) in [6, 6.07) is 11.4. The summed E-state index contributed by atoms with van der Waals surface area (Å²) in [4.78, 5) is 6.00. The fraction of sp³-hybridized carbons (Fsp3) is 0.619. The highest BCUT2D eigenvalue weighted by Gasteiger charge is 2.44. The van der Waals surface area contributed by atoms with Crippen molar-refractivity contribution in [3.05, 3.63) is 47.7 Å². The van der Waals surface area contributed by atoms with E-state index in [9.17, 15) is 0 Å². The second kappa shape index (κ2) is 8.45. The molecule has 2 atom stereocenters. The fourth-order valence-electron chi connectivity index (χ4n) is 3.32. The molecule has 1 saturated heterocycles. The van der Waals surface area contributed by atoms with Crippen molar-refractivity contribution in [2.45, 2.75) is 64.0 Å². The Morgan fingerprint density at radius 2 is 1.93 bits per heavy atom. The van der Waals surface area contributed by atoms with Gasteiger partial charge in [0.15, 0.2) is 5.79 Å². The molecule has 0 spiro atoms. The van der Waals surface area contributed by atoms with Crippen molar-refractivity contribution >= 4 is 8.07 Å². The zero-order valence-corrected chi connectivity index (χ0v) is 18.2. The molecule has 0 amide bonds. The topological polar surface area (TPSA) is 40.2 Å². The van der Waals surface area contributed by atoms with E-state index < -0.39 is 13.9 Å². The van der Waals surface area contributed by atoms with Crippen LogP contribution in [0.15, 0.2) is 42.2 Å². The average Bonchev–Trinajstić information content (AvgIpc) is 2.94. The lowest BCUT2D eigenvalue weighted by molar-refractivity contribution is -0.224. The van der Waals surface area contributed by atoms with Crippen molar-refractivity contribution in [3.63, 3.8) is 0 Å². The molecule has 2 aliphatic rings. The Labute approximate surface area is 164 Å². The van der Waals surface area contributed by atoms with Gasteiger partial charge in [-0.3, -0.25) is 4.84 Å². The van der Waals surface area contributed by atoms with Gasteiger partial charge < -0.3 is 14.2 Å². The minimum absolute atomic E-state index is 0.109. The molecule has 0 aromatic heterocycles. The molecule has 0 aliphatic carbocycles. The van der Waals surface area contributed by atoms with Crippen LogP contribution in [0.4, 0.5) is 0 Å². The van der Waals surface area contributed by atoms with Crippen LogP contribution in [0.1, 0.15) is 19.4 Å². The lowest BCUT2D eigenvalue weighted by Crippen LogP contribution is -2.49. The highest BCUT2D eigenvalue weighted by molar-refractivity contribution is 6.76. The normalized spacial score (nSPS) is 26.0. The molecule has 5 nitrogen and oxygen atoms in total. The van der Waals surface area contributed by atoms with Crippen LogP contribution < -0.4 is 0 Å². The minimum Gasteiger partial charge on any atom is -0.497 e. The number of ether oxygens (including phenoxy) is 3. The van der Waals surface area contributed by atoms with Gasteiger partial charge in [-0.1, -0.05) is 50.0 Å². The summed E-state index contributed by atoms with van der Waals surface area (Å²) in [6.45, 7) is 13.5. The zero-order chi connectivity index (χ0) is 19.5. The van der Waals surface area contributed by atoms with Gasteiger partial charge in [0.25, 0.3) is 0 Å². The molecule has 1 aromatic carbocycles. The number of benzene rings is 1. The SMILES string of the molecule is CC1(C)OC[C@H](C2C(OCC[Si](C)(C)C)=CCON2Cc2ccccc2)O1. The van der Waals surface area contributed by atoms with Gasteiger partial charge >= 0.3 is 0 Å². The van der Waals surface area contributed by atoms with E-state index in [0.29, 0.717) is 19.8 Å². The van der Waals surface area contributed by atoms with Crippen LogP contribution in [-0.4, -0.2) is 50.9 Å². The highest BCUT2D eigenvalue weighted by atomic mass is 28.3. The molecule has 2 aliphatic heterocycles. The summed E-state index contributed by atoms with van der Waals surface area (Å²) in [5.41, 5.74) is 1.20. The molecular weight excluding hydrogens is 358 g/mol. The zero-order valence-electron chi connectivity index (χ0n) is 17.2. The van der Waals surface area contributed by atoms with Crippen molar-refractivity contribution in [1.29, 1.82) is 0 Å². The second-order valence-electron chi connectivity index (χ2n) is 8.93. The Morgan fingerprint density at radius 3 is 2.56 bits per heavy atom. The molecule has 1 unspecified atom stereocenters. The first-order valence-electron chi connectivity index (χ1n) is 9.82. The summed E-state index contributed by atoms with van der Waals surface area (Å²) in [5.74, 6) is 0.367. The van der Waals surface area contributed by atoms with Crippen LogP contribution in [-0.2, 0) is 25.6 Å². The number of hydroxylamine groups is 2. The van der Waals surface area contributed by atoms with Gasteiger partial charge in [0.05, 0.1) is 26.4 Å². The van der Waals surface area contributed by atoms with Gasteiger partial charge in [0, 0.05) is 8.07 Å². The summed E-state index contributed by atoms with van der Waals surface area (Å²) >= 11 is 0. The van der Waals surface area contributed by atoms with Crippen LogP contribution in [0.2, 0.25) is 25.7 Å². The molecule has 1 aromatic rings. The average molecular weight is 392 g/mol. The van der Waals surface area contributed by atoms with E-state index in [-0.39, 0.29) is 12.1 Å². The quantitative estimate of drug-likeness (QED) is 0.652. The van der Waals surface area contributed by atoms with Crippen LogP contribution >= 0.6 is 0 Å². The minimum atomic E-state index is -1.15. The molecular formula is C21H33NO4Si. The molecule has 27 heavy (non-hydrogen) atoms. The van der Waals surface area contributed by atoms with Crippen molar-refractivity contribution in [3.8, 4) is 0 Å². The maximum absolute atomic E-state index is 6.26. The van der Waals surface area contributed by atoms with Crippen molar-refractivity contribution in [2.24, 2.45) is 0 Å². The van der Waals surface area contributed by atoms with E-state index >= 15 is 0 Å². The maximum Gasteiger partial charge on any atom is 0.163 e. The van der Waals surface area contributed by atoms with Crippen LogP contribution in [0.3, 0.4) is 0 Å². The largest absolute Gasteiger partial charge is 0.497 e. The molecule has 1 fully saturated rings. The second-order valence-corrected chi connectivity index (χ2v) is 14.6. The van der Waals surface area contributed by atoms with Crippen molar-refractivity contribution < 1.29 is 19.0 Å². The van der Waals surface area contributed by atoms with Gasteiger partial charge in [0.2, 0.25) is 0 Å². The van der Waals surface area contributed by atoms with Gasteiger partial charge in [-0.05, 0) is 31.5 Å².